The minimum Gasteiger partial charge on any atom is -0.399 e. The van der Waals surface area contributed by atoms with Crippen LogP contribution in [0.2, 0.25) is 0 Å². The van der Waals surface area contributed by atoms with Gasteiger partial charge in [0.2, 0.25) is 0 Å². The zero-order chi connectivity index (χ0) is 11.5. The van der Waals surface area contributed by atoms with Gasteiger partial charge < -0.3 is 10.3 Å². The van der Waals surface area contributed by atoms with Crippen LogP contribution in [0.3, 0.4) is 0 Å². The summed E-state index contributed by atoms with van der Waals surface area (Å²) in [6, 6.07) is 5.91. The van der Waals surface area contributed by atoms with E-state index in [0.29, 0.717) is 0 Å². The summed E-state index contributed by atoms with van der Waals surface area (Å²) in [5, 5.41) is 8.74. The van der Waals surface area contributed by atoms with Crippen LogP contribution in [-0.4, -0.2) is 14.8 Å². The second kappa shape index (κ2) is 4.88. The SMILES string of the molecule is Cn1cnnc1SCc1cc(N)cc(Br)c1. The van der Waals surface area contributed by atoms with Crippen molar-refractivity contribution in [2.75, 3.05) is 5.73 Å². The molecule has 16 heavy (non-hydrogen) atoms. The molecule has 0 spiro atoms. The second-order valence-electron chi connectivity index (χ2n) is 3.41. The van der Waals surface area contributed by atoms with E-state index in [2.05, 4.69) is 32.2 Å². The Kier molecular flexibility index (Phi) is 3.50. The van der Waals surface area contributed by atoms with Crippen LogP contribution in [0.5, 0.6) is 0 Å². The Morgan fingerprint density at radius 2 is 2.25 bits per heavy atom. The lowest BCUT2D eigenvalue weighted by Gasteiger charge is -2.03. The molecule has 0 bridgehead atoms. The van der Waals surface area contributed by atoms with E-state index in [1.165, 1.54) is 5.56 Å². The van der Waals surface area contributed by atoms with Gasteiger partial charge in [0.1, 0.15) is 6.33 Å². The van der Waals surface area contributed by atoms with Crippen LogP contribution in [-0.2, 0) is 12.8 Å². The van der Waals surface area contributed by atoms with Crippen molar-refractivity contribution < 1.29 is 0 Å². The van der Waals surface area contributed by atoms with Crippen molar-refractivity contribution >= 4 is 33.4 Å². The average molecular weight is 299 g/mol. The normalized spacial score (nSPS) is 10.6. The largest absolute Gasteiger partial charge is 0.399 e. The first kappa shape index (κ1) is 11.5. The Morgan fingerprint density at radius 1 is 1.44 bits per heavy atom. The number of anilines is 1. The van der Waals surface area contributed by atoms with Gasteiger partial charge in [-0.25, -0.2) is 0 Å². The van der Waals surface area contributed by atoms with Crippen LogP contribution in [0.15, 0.2) is 34.2 Å². The lowest BCUT2D eigenvalue weighted by Crippen LogP contribution is -1.91. The third kappa shape index (κ3) is 2.76. The molecular formula is C10H11BrN4S. The van der Waals surface area contributed by atoms with Gasteiger partial charge in [0.25, 0.3) is 0 Å². The lowest BCUT2D eigenvalue weighted by atomic mass is 10.2. The molecule has 1 aromatic heterocycles. The fourth-order valence-electron chi connectivity index (χ4n) is 1.31. The lowest BCUT2D eigenvalue weighted by molar-refractivity contribution is 0.788. The van der Waals surface area contributed by atoms with Gasteiger partial charge in [-0.15, -0.1) is 10.2 Å². The van der Waals surface area contributed by atoms with E-state index in [4.69, 9.17) is 5.73 Å². The number of nitrogen functional groups attached to an aromatic ring is 1. The highest BCUT2D eigenvalue weighted by molar-refractivity contribution is 9.10. The van der Waals surface area contributed by atoms with Crippen molar-refractivity contribution in [3.63, 3.8) is 0 Å². The Bertz CT molecular complexity index is 477. The maximum absolute atomic E-state index is 5.77. The van der Waals surface area contributed by atoms with Crippen molar-refractivity contribution in [3.05, 3.63) is 34.6 Å². The van der Waals surface area contributed by atoms with Crippen LogP contribution < -0.4 is 5.73 Å². The highest BCUT2D eigenvalue weighted by Crippen LogP contribution is 2.24. The van der Waals surface area contributed by atoms with Gasteiger partial charge in [-0.2, -0.15) is 0 Å². The fraction of sp³-hybridized carbons (Fsp3) is 0.200. The number of nitrogens with zero attached hydrogens (tertiary/aromatic N) is 3. The zero-order valence-corrected chi connectivity index (χ0v) is 11.1. The highest BCUT2D eigenvalue weighted by atomic mass is 79.9. The number of rotatable bonds is 3. The van der Waals surface area contributed by atoms with Crippen LogP contribution in [0, 0.1) is 0 Å². The Hall–Kier alpha value is -1.01. The Balaban J connectivity index is 2.07. The maximum Gasteiger partial charge on any atom is 0.191 e. The molecule has 0 unspecified atom stereocenters. The van der Waals surface area contributed by atoms with E-state index in [1.807, 2.05) is 23.7 Å². The van der Waals surface area contributed by atoms with Gasteiger partial charge >= 0.3 is 0 Å². The molecular weight excluding hydrogens is 288 g/mol. The molecule has 2 aromatic rings. The summed E-state index contributed by atoms with van der Waals surface area (Å²) in [5.41, 5.74) is 7.70. The number of aryl methyl sites for hydroxylation is 1. The van der Waals surface area contributed by atoms with Crippen molar-refractivity contribution in [2.45, 2.75) is 10.9 Å². The third-order valence-corrected chi connectivity index (χ3v) is 3.58. The van der Waals surface area contributed by atoms with Gasteiger partial charge in [-0.05, 0) is 23.8 Å². The van der Waals surface area contributed by atoms with E-state index in [9.17, 15) is 0 Å². The molecule has 1 heterocycles. The molecule has 4 nitrogen and oxygen atoms in total. The van der Waals surface area contributed by atoms with Gasteiger partial charge in [-0.3, -0.25) is 0 Å². The molecule has 0 fully saturated rings. The predicted octanol–water partition coefficient (Wildman–Crippen LogP) is 2.45. The first-order chi connectivity index (χ1) is 7.65. The third-order valence-electron chi connectivity index (χ3n) is 2.02. The van der Waals surface area contributed by atoms with Crippen molar-refractivity contribution in [1.82, 2.24) is 14.8 Å². The second-order valence-corrected chi connectivity index (χ2v) is 5.26. The Morgan fingerprint density at radius 3 is 2.88 bits per heavy atom. The molecule has 0 saturated heterocycles. The standard InChI is InChI=1S/C10H11BrN4S/c1-15-6-13-14-10(15)16-5-7-2-8(11)4-9(12)3-7/h2-4,6H,5,12H2,1H3. The molecule has 0 radical (unpaired) electrons. The first-order valence-electron chi connectivity index (χ1n) is 4.67. The zero-order valence-electron chi connectivity index (χ0n) is 8.72. The van der Waals surface area contributed by atoms with E-state index in [1.54, 1.807) is 18.1 Å². The summed E-state index contributed by atoms with van der Waals surface area (Å²) < 4.78 is 2.90. The van der Waals surface area contributed by atoms with Gasteiger partial charge in [-0.1, -0.05) is 27.7 Å². The number of aromatic nitrogens is 3. The number of halogens is 1. The van der Waals surface area contributed by atoms with Gasteiger partial charge in [0, 0.05) is 23.0 Å². The number of thioether (sulfide) groups is 1. The Labute approximate surface area is 106 Å². The van der Waals surface area contributed by atoms with E-state index < -0.39 is 0 Å². The summed E-state index contributed by atoms with van der Waals surface area (Å²) in [5.74, 6) is 0.830. The van der Waals surface area contributed by atoms with Crippen LogP contribution in [0.1, 0.15) is 5.56 Å². The van der Waals surface area contributed by atoms with Crippen LogP contribution >= 0.6 is 27.7 Å². The number of nitrogens with two attached hydrogens (primary N) is 1. The molecule has 0 aliphatic rings. The summed E-state index contributed by atoms with van der Waals surface area (Å²) in [6.07, 6.45) is 1.69. The molecule has 0 atom stereocenters. The average Bonchev–Trinajstić information content (AvgIpc) is 2.59. The monoisotopic (exact) mass is 298 g/mol. The number of hydrogen-bond acceptors (Lipinski definition) is 4. The summed E-state index contributed by atoms with van der Waals surface area (Å²) in [4.78, 5) is 0. The number of benzene rings is 1. The molecule has 1 aromatic carbocycles. The summed E-state index contributed by atoms with van der Waals surface area (Å²) in [6.45, 7) is 0. The van der Waals surface area contributed by atoms with Crippen LogP contribution in [0.4, 0.5) is 5.69 Å². The molecule has 0 aliphatic carbocycles. The van der Waals surface area contributed by atoms with E-state index in [0.717, 1.165) is 21.1 Å². The van der Waals surface area contributed by atoms with Crippen molar-refractivity contribution in [3.8, 4) is 0 Å². The summed E-state index contributed by atoms with van der Waals surface area (Å²) >= 11 is 5.06. The molecule has 2 N–H and O–H groups in total. The maximum atomic E-state index is 5.77. The van der Waals surface area contributed by atoms with Crippen LogP contribution in [0.25, 0.3) is 0 Å². The predicted molar refractivity (Wildman–Crippen MR) is 69.1 cm³/mol. The first-order valence-corrected chi connectivity index (χ1v) is 6.45. The topological polar surface area (TPSA) is 56.7 Å². The highest BCUT2D eigenvalue weighted by Gasteiger charge is 2.03. The molecule has 84 valence electrons. The quantitative estimate of drug-likeness (QED) is 0.698. The minimum atomic E-state index is 0.767. The van der Waals surface area contributed by atoms with E-state index in [-0.39, 0.29) is 0 Å². The molecule has 0 saturated carbocycles. The molecule has 0 amide bonds. The number of hydrogen-bond donors (Lipinski definition) is 1. The van der Waals surface area contributed by atoms with Gasteiger partial charge in [0.15, 0.2) is 5.16 Å². The van der Waals surface area contributed by atoms with E-state index >= 15 is 0 Å². The minimum absolute atomic E-state index is 0.767. The van der Waals surface area contributed by atoms with Crippen molar-refractivity contribution in [1.29, 1.82) is 0 Å². The smallest absolute Gasteiger partial charge is 0.191 e. The summed E-state index contributed by atoms with van der Waals surface area (Å²) in [7, 11) is 1.93. The van der Waals surface area contributed by atoms with Gasteiger partial charge in [0.05, 0.1) is 0 Å². The fourth-order valence-corrected chi connectivity index (χ4v) is 2.69. The van der Waals surface area contributed by atoms with Crippen molar-refractivity contribution in [2.24, 2.45) is 7.05 Å². The molecule has 2 rings (SSSR count). The molecule has 0 aliphatic heterocycles. The molecule has 6 heteroatoms.